The molecule has 344 valence electrons. The summed E-state index contributed by atoms with van der Waals surface area (Å²) in [5.74, 6) is 0.382. The number of hydrogen-bond donors (Lipinski definition) is 3. The maximum absolute atomic E-state index is 11.6. The van der Waals surface area contributed by atoms with Gasteiger partial charge in [-0.05, 0) is 69.0 Å². The van der Waals surface area contributed by atoms with Crippen molar-refractivity contribution in [3.8, 4) is 11.5 Å². The van der Waals surface area contributed by atoms with E-state index in [1.807, 2.05) is 68.3 Å². The van der Waals surface area contributed by atoms with Crippen LogP contribution in [0.3, 0.4) is 0 Å². The van der Waals surface area contributed by atoms with E-state index in [2.05, 4.69) is 17.0 Å². The number of aliphatic hydroxyl groups is 1. The number of carbonyl (C=O) groups excluding carboxylic acids is 3. The van der Waals surface area contributed by atoms with Gasteiger partial charge in [-0.3, -0.25) is 34.0 Å². The molecule has 0 atom stereocenters. The molecule has 2 aromatic carbocycles. The van der Waals surface area contributed by atoms with Crippen molar-refractivity contribution in [2.75, 3.05) is 110 Å². The number of halogens is 1. The van der Waals surface area contributed by atoms with E-state index < -0.39 is 27.4 Å². The zero-order valence-corrected chi connectivity index (χ0v) is 37.7. The minimum Gasteiger partial charge on any atom is -0.481 e. The number of quaternary nitrogens is 3. The smallest absolute Gasteiger partial charge is 0.481 e. The van der Waals surface area contributed by atoms with Crippen LogP contribution in [0.2, 0.25) is 0 Å². The van der Waals surface area contributed by atoms with E-state index in [9.17, 15) is 39.4 Å². The number of aliphatic carboxylic acids is 1. The number of benzene rings is 2. The normalized spacial score (nSPS) is 14.3. The summed E-state index contributed by atoms with van der Waals surface area (Å²) in [6.45, 7) is 6.45. The average Bonchev–Trinajstić information content (AvgIpc) is 3.17. The van der Waals surface area contributed by atoms with Crippen LogP contribution in [-0.2, 0) is 14.3 Å². The van der Waals surface area contributed by atoms with E-state index in [4.69, 9.17) is 36.0 Å². The van der Waals surface area contributed by atoms with Crippen LogP contribution >= 0.6 is 11.6 Å². The lowest BCUT2D eigenvalue weighted by Crippen LogP contribution is -2.43. The van der Waals surface area contributed by atoms with E-state index in [0.29, 0.717) is 20.2 Å². The molecule has 22 heteroatoms. The molecule has 0 aromatic heterocycles. The van der Waals surface area contributed by atoms with Gasteiger partial charge in [0.25, 0.3) is 11.4 Å². The molecule has 2 heterocycles. The van der Waals surface area contributed by atoms with Crippen molar-refractivity contribution < 1.29 is 71.6 Å². The van der Waals surface area contributed by atoms with Crippen molar-refractivity contribution in [1.29, 1.82) is 0 Å². The molecule has 1 amide bonds. The SMILES string of the molecule is CC1CCN(C(=O)OC[N+](C)(C)C)CC1.C[N+](C)(C)CO.C[N+](C)(C)COC(=O)Oc1ccc([N+](=O)[O-])cc1.O=C(Cl)Oc1ccc([N+](=O)[O-])cc1.O=C(O)C1CCNCC1. The molecule has 2 fully saturated rings. The number of amides is 1. The standard InChI is InChI=1S/C11H15N2O5.C11H23N2O2.C7H4ClNO4.C6H11NO2.C4H12NO/c1-13(2,3)8-17-11(14)18-10-6-4-9(5-7-10)12(15)16;1-10-5-7-12(8-6-10)11(14)15-9-13(2,3)4;8-7(10)13-6-3-1-5(2-4-6)9(11)12;8-6(9)5-1-3-7-4-2-5;1-5(2,3)4-6/h4-7H,8H2,1-3H3;10H,5-9H2,1-4H3;1-4H;5,7H,1-4H2,(H,8,9);6H,4H2,1-3H3/q2*+1;;;+1. The number of nitrogens with zero attached hydrogens (tertiary/aromatic N) is 6. The molecule has 2 aromatic rings. The van der Waals surface area contributed by atoms with Gasteiger partial charge in [-0.25, -0.2) is 14.4 Å². The number of rotatable bonds is 10. The molecule has 4 rings (SSSR count). The monoisotopic (exact) mass is 890 g/mol. The van der Waals surface area contributed by atoms with E-state index in [0.717, 1.165) is 57.8 Å². The van der Waals surface area contributed by atoms with Gasteiger partial charge < -0.3 is 43.9 Å². The fourth-order valence-electron chi connectivity index (χ4n) is 4.34. The van der Waals surface area contributed by atoms with Gasteiger partial charge in [-0.2, -0.15) is 0 Å². The summed E-state index contributed by atoms with van der Waals surface area (Å²) in [6, 6.07) is 10.2. The first-order chi connectivity index (χ1) is 28.1. The number of piperidine rings is 2. The Hall–Kier alpha value is -5.19. The Kier molecular flexibility index (Phi) is 25.3. The van der Waals surface area contributed by atoms with Gasteiger partial charge in [0.1, 0.15) is 11.5 Å². The highest BCUT2D eigenvalue weighted by atomic mass is 35.5. The van der Waals surface area contributed by atoms with Crippen LogP contribution in [0.4, 0.5) is 25.8 Å². The van der Waals surface area contributed by atoms with Crippen LogP contribution in [-0.4, -0.2) is 172 Å². The number of likely N-dealkylation sites (tertiary alicyclic amines) is 1. The van der Waals surface area contributed by atoms with E-state index in [1.54, 1.807) is 0 Å². The summed E-state index contributed by atoms with van der Waals surface area (Å²) < 4.78 is 21.1. The van der Waals surface area contributed by atoms with Crippen molar-refractivity contribution >= 4 is 46.6 Å². The topological polar surface area (TPSA) is 247 Å². The van der Waals surface area contributed by atoms with Crippen LogP contribution in [0.25, 0.3) is 0 Å². The third kappa shape index (κ3) is 29.6. The molecule has 0 unspecified atom stereocenters. The number of nitro benzene ring substituents is 2. The molecule has 2 saturated heterocycles. The highest BCUT2D eigenvalue weighted by Crippen LogP contribution is 2.19. The summed E-state index contributed by atoms with van der Waals surface area (Å²) >= 11 is 4.92. The highest BCUT2D eigenvalue weighted by molar-refractivity contribution is 6.61. The number of carboxylic acids is 1. The molecule has 0 aliphatic carbocycles. The third-order valence-electron chi connectivity index (χ3n) is 7.79. The summed E-state index contributed by atoms with van der Waals surface area (Å²) in [6.07, 6.45) is 2.77. The van der Waals surface area contributed by atoms with Crippen molar-refractivity contribution in [3.63, 3.8) is 0 Å². The van der Waals surface area contributed by atoms with Gasteiger partial charge in [0.2, 0.25) is 13.5 Å². The number of carbonyl (C=O) groups is 4. The fourth-order valence-corrected chi connectivity index (χ4v) is 4.43. The molecule has 2 aliphatic heterocycles. The quantitative estimate of drug-likeness (QED) is 0.0518. The zero-order chi connectivity index (χ0) is 47.0. The lowest BCUT2D eigenvalue weighted by molar-refractivity contribution is -0.889. The predicted molar refractivity (Wildman–Crippen MR) is 226 cm³/mol. The summed E-state index contributed by atoms with van der Waals surface area (Å²) in [7, 11) is 17.4. The molecule has 0 saturated carbocycles. The van der Waals surface area contributed by atoms with Crippen molar-refractivity contribution in [1.82, 2.24) is 10.2 Å². The minimum absolute atomic E-state index is 0.0675. The van der Waals surface area contributed by atoms with E-state index in [1.165, 1.54) is 48.5 Å². The molecule has 3 N–H and O–H groups in total. The van der Waals surface area contributed by atoms with Crippen LogP contribution in [0.15, 0.2) is 48.5 Å². The van der Waals surface area contributed by atoms with Gasteiger partial charge in [-0.15, -0.1) is 0 Å². The first-order valence-electron chi connectivity index (χ1n) is 19.2. The number of non-ortho nitro benzene ring substituents is 2. The summed E-state index contributed by atoms with van der Waals surface area (Å²) in [5.41, 5.74) is -1.12. The van der Waals surface area contributed by atoms with E-state index >= 15 is 0 Å². The average molecular weight is 891 g/mol. The van der Waals surface area contributed by atoms with Gasteiger partial charge in [0.15, 0.2) is 6.73 Å². The Bertz CT molecular complexity index is 1650. The lowest BCUT2D eigenvalue weighted by atomic mass is 9.99. The Labute approximate surface area is 362 Å². The van der Waals surface area contributed by atoms with Gasteiger partial charge in [0, 0.05) is 49.0 Å². The third-order valence-corrected chi connectivity index (χ3v) is 7.87. The van der Waals surface area contributed by atoms with Crippen LogP contribution in [0, 0.1) is 32.1 Å². The molecule has 2 aliphatic rings. The molecular formula is C39H65ClN7O14+3. The predicted octanol–water partition coefficient (Wildman–Crippen LogP) is 5.34. The molecule has 0 spiro atoms. The Morgan fingerprint density at radius 1 is 0.721 bits per heavy atom. The second kappa shape index (κ2) is 27.6. The second-order valence-corrected chi connectivity index (χ2v) is 17.4. The number of ether oxygens (including phenoxy) is 4. The number of hydrogen-bond acceptors (Lipinski definition) is 14. The van der Waals surface area contributed by atoms with Gasteiger partial charge in [-0.1, -0.05) is 6.92 Å². The molecule has 21 nitrogen and oxygen atoms in total. The number of carboxylic acid groups (broad SMARTS) is 1. The summed E-state index contributed by atoms with van der Waals surface area (Å²) in [4.78, 5) is 64.9. The van der Waals surface area contributed by atoms with Crippen molar-refractivity contribution in [3.05, 3.63) is 68.8 Å². The van der Waals surface area contributed by atoms with E-state index in [-0.39, 0.29) is 48.3 Å². The fraction of sp³-hybridized carbons (Fsp3) is 0.590. The summed E-state index contributed by atoms with van der Waals surface area (Å²) in [5, 5.41) is 40.6. The minimum atomic E-state index is -0.978. The zero-order valence-electron chi connectivity index (χ0n) is 36.9. The second-order valence-electron chi connectivity index (χ2n) is 17.1. The Balaban J connectivity index is 0.000000768. The van der Waals surface area contributed by atoms with Gasteiger partial charge in [0.05, 0.1) is 79.2 Å². The highest BCUT2D eigenvalue weighted by Gasteiger charge is 2.23. The van der Waals surface area contributed by atoms with Crippen molar-refractivity contribution in [2.45, 2.75) is 32.6 Å². The number of nitrogens with one attached hydrogen (secondary N) is 1. The Morgan fingerprint density at radius 2 is 1.11 bits per heavy atom. The first-order valence-corrected chi connectivity index (χ1v) is 19.6. The lowest BCUT2D eigenvalue weighted by Gasteiger charge is -2.31. The maximum Gasteiger partial charge on any atom is 0.518 e. The van der Waals surface area contributed by atoms with Crippen LogP contribution < -0.4 is 14.8 Å². The maximum atomic E-state index is 11.6. The molecular weight excluding hydrogens is 826 g/mol. The molecule has 61 heavy (non-hydrogen) atoms. The van der Waals surface area contributed by atoms with Crippen LogP contribution in [0.5, 0.6) is 11.5 Å². The van der Waals surface area contributed by atoms with Crippen molar-refractivity contribution in [2.24, 2.45) is 11.8 Å². The molecule has 0 bridgehead atoms. The molecule has 0 radical (unpaired) electrons. The Morgan fingerprint density at radius 3 is 1.44 bits per heavy atom. The number of aliphatic hydroxyl groups excluding tert-OH is 1. The van der Waals surface area contributed by atoms with Gasteiger partial charge >= 0.3 is 23.6 Å². The number of nitro groups is 2. The first kappa shape index (κ1) is 55.8. The largest absolute Gasteiger partial charge is 0.518 e. The van der Waals surface area contributed by atoms with Crippen LogP contribution in [0.1, 0.15) is 32.6 Å².